The van der Waals surface area contributed by atoms with E-state index in [1.807, 2.05) is 29.6 Å². The van der Waals surface area contributed by atoms with Gasteiger partial charge >= 0.3 is 0 Å². The van der Waals surface area contributed by atoms with Gasteiger partial charge in [0.2, 0.25) is 10.0 Å². The van der Waals surface area contributed by atoms with E-state index in [0.29, 0.717) is 5.92 Å². The number of thiophene rings is 1. The fraction of sp³-hybridized carbons (Fsp3) is 0.211. The van der Waals surface area contributed by atoms with Crippen molar-refractivity contribution in [2.75, 3.05) is 0 Å². The summed E-state index contributed by atoms with van der Waals surface area (Å²) in [7, 11) is -3.67. The van der Waals surface area contributed by atoms with Gasteiger partial charge in [-0.15, -0.1) is 11.3 Å². The maximum Gasteiger partial charge on any atom is 0.242 e. The van der Waals surface area contributed by atoms with Crippen molar-refractivity contribution in [1.29, 1.82) is 0 Å². The lowest BCUT2D eigenvalue weighted by Crippen LogP contribution is -2.29. The molecule has 0 fully saturated rings. The highest BCUT2D eigenvalue weighted by Crippen LogP contribution is 2.29. The molecule has 0 saturated heterocycles. The SMILES string of the molecule is CC(C)c1ccc(C(NS(=O)(=O)c2cccnc2)c2cccs2)cc1. The summed E-state index contributed by atoms with van der Waals surface area (Å²) >= 11 is 1.53. The van der Waals surface area contributed by atoms with Crippen LogP contribution in [0.3, 0.4) is 0 Å². The van der Waals surface area contributed by atoms with Crippen LogP contribution in [-0.2, 0) is 10.0 Å². The van der Waals surface area contributed by atoms with Crippen LogP contribution in [0.5, 0.6) is 0 Å². The van der Waals surface area contributed by atoms with Gasteiger partial charge in [-0.05, 0) is 40.6 Å². The molecule has 3 rings (SSSR count). The van der Waals surface area contributed by atoms with Crippen LogP contribution in [0.15, 0.2) is 71.2 Å². The predicted octanol–water partition coefficient (Wildman–Crippen LogP) is 4.33. The number of hydrogen-bond acceptors (Lipinski definition) is 4. The van der Waals surface area contributed by atoms with Crippen LogP contribution < -0.4 is 4.72 Å². The summed E-state index contributed by atoms with van der Waals surface area (Å²) in [6.07, 6.45) is 2.91. The van der Waals surface area contributed by atoms with Crippen LogP contribution in [0.2, 0.25) is 0 Å². The third-order valence-corrected chi connectivity index (χ3v) is 6.33. The number of nitrogens with zero attached hydrogens (tertiary/aromatic N) is 1. The van der Waals surface area contributed by atoms with Crippen LogP contribution >= 0.6 is 11.3 Å². The number of pyridine rings is 1. The Morgan fingerprint density at radius 2 is 1.72 bits per heavy atom. The number of hydrogen-bond donors (Lipinski definition) is 1. The van der Waals surface area contributed by atoms with Crippen LogP contribution in [0.1, 0.15) is 41.8 Å². The Labute approximate surface area is 152 Å². The van der Waals surface area contributed by atoms with Gasteiger partial charge in [0.1, 0.15) is 4.90 Å². The van der Waals surface area contributed by atoms with Crippen LogP contribution in [0.4, 0.5) is 0 Å². The molecule has 0 amide bonds. The normalized spacial score (nSPS) is 13.1. The number of sulfonamides is 1. The van der Waals surface area contributed by atoms with Crippen molar-refractivity contribution >= 4 is 21.4 Å². The predicted molar refractivity (Wildman–Crippen MR) is 101 cm³/mol. The minimum Gasteiger partial charge on any atom is -0.263 e. The van der Waals surface area contributed by atoms with E-state index in [0.717, 1.165) is 10.4 Å². The molecule has 2 aromatic heterocycles. The highest BCUT2D eigenvalue weighted by Gasteiger charge is 2.23. The van der Waals surface area contributed by atoms with Crippen LogP contribution in [0.25, 0.3) is 0 Å². The lowest BCUT2D eigenvalue weighted by Gasteiger charge is -2.19. The molecule has 1 unspecified atom stereocenters. The summed E-state index contributed by atoms with van der Waals surface area (Å²) in [5.41, 5.74) is 2.14. The zero-order valence-electron chi connectivity index (χ0n) is 14.1. The molecule has 0 bridgehead atoms. The Kier molecular flexibility index (Phi) is 5.32. The van der Waals surface area contributed by atoms with E-state index in [9.17, 15) is 8.42 Å². The van der Waals surface area contributed by atoms with Crippen LogP contribution in [-0.4, -0.2) is 13.4 Å². The van der Waals surface area contributed by atoms with E-state index in [-0.39, 0.29) is 4.90 Å². The molecule has 6 heteroatoms. The Balaban J connectivity index is 1.96. The average molecular weight is 373 g/mol. The first kappa shape index (κ1) is 17.8. The van der Waals surface area contributed by atoms with Gasteiger partial charge < -0.3 is 0 Å². The molecule has 1 atom stereocenters. The van der Waals surface area contributed by atoms with Crippen molar-refractivity contribution in [2.24, 2.45) is 0 Å². The Bertz CT molecular complexity index is 904. The summed E-state index contributed by atoms with van der Waals surface area (Å²) in [5.74, 6) is 0.432. The molecule has 25 heavy (non-hydrogen) atoms. The molecular formula is C19H20N2O2S2. The maximum absolute atomic E-state index is 12.7. The quantitative estimate of drug-likeness (QED) is 0.700. The largest absolute Gasteiger partial charge is 0.263 e. The molecule has 1 N–H and O–H groups in total. The molecule has 0 aliphatic rings. The van der Waals surface area contributed by atoms with Crippen LogP contribution in [0, 0.1) is 0 Å². The highest BCUT2D eigenvalue weighted by atomic mass is 32.2. The summed E-state index contributed by atoms with van der Waals surface area (Å²) in [5, 5.41) is 1.95. The first-order valence-corrected chi connectivity index (χ1v) is 10.4. The van der Waals surface area contributed by atoms with Crippen molar-refractivity contribution in [1.82, 2.24) is 9.71 Å². The Morgan fingerprint density at radius 1 is 1.00 bits per heavy atom. The topological polar surface area (TPSA) is 59.1 Å². The molecule has 0 aliphatic carbocycles. The van der Waals surface area contributed by atoms with Gasteiger partial charge in [-0.3, -0.25) is 4.98 Å². The van der Waals surface area contributed by atoms with Gasteiger partial charge in [-0.25, -0.2) is 8.42 Å². The zero-order chi connectivity index (χ0) is 17.9. The maximum atomic E-state index is 12.7. The molecule has 1 aromatic carbocycles. The summed E-state index contributed by atoms with van der Waals surface area (Å²) in [4.78, 5) is 5.02. The first-order valence-electron chi connectivity index (χ1n) is 8.03. The fourth-order valence-electron chi connectivity index (χ4n) is 2.55. The van der Waals surface area contributed by atoms with Crippen molar-refractivity contribution < 1.29 is 8.42 Å². The Morgan fingerprint density at radius 3 is 2.28 bits per heavy atom. The minimum absolute atomic E-state index is 0.162. The summed E-state index contributed by atoms with van der Waals surface area (Å²) < 4.78 is 28.3. The molecular weight excluding hydrogens is 352 g/mol. The second kappa shape index (κ2) is 7.47. The van der Waals surface area contributed by atoms with Gasteiger partial charge in [-0.2, -0.15) is 4.72 Å². The third-order valence-electron chi connectivity index (χ3n) is 3.98. The Hall–Kier alpha value is -2.02. The molecule has 0 spiro atoms. The summed E-state index contributed by atoms with van der Waals surface area (Å²) in [6.45, 7) is 4.27. The minimum atomic E-state index is -3.67. The number of nitrogens with one attached hydrogen (secondary N) is 1. The van der Waals surface area contributed by atoms with Crippen molar-refractivity contribution in [3.8, 4) is 0 Å². The average Bonchev–Trinajstić information content (AvgIpc) is 3.15. The highest BCUT2D eigenvalue weighted by molar-refractivity contribution is 7.89. The fourth-order valence-corrected chi connectivity index (χ4v) is 4.59. The van der Waals surface area contributed by atoms with Gasteiger partial charge in [-0.1, -0.05) is 44.2 Å². The molecule has 0 aliphatic heterocycles. The van der Waals surface area contributed by atoms with Gasteiger partial charge in [0.25, 0.3) is 0 Å². The molecule has 4 nitrogen and oxygen atoms in total. The van der Waals surface area contributed by atoms with Crippen molar-refractivity contribution in [3.05, 3.63) is 82.3 Å². The standard InChI is InChI=1S/C19H20N2O2S2/c1-14(2)15-7-9-16(10-8-15)19(18-6-4-12-24-18)21-25(22,23)17-5-3-11-20-13-17/h3-14,19,21H,1-2H3. The molecule has 3 aromatic rings. The molecule has 130 valence electrons. The first-order chi connectivity index (χ1) is 12.0. The number of aromatic nitrogens is 1. The second-order valence-electron chi connectivity index (χ2n) is 6.08. The monoisotopic (exact) mass is 372 g/mol. The third kappa shape index (κ3) is 4.15. The van der Waals surface area contributed by atoms with Gasteiger partial charge in [0.15, 0.2) is 0 Å². The van der Waals surface area contributed by atoms with E-state index < -0.39 is 16.1 Å². The van der Waals surface area contributed by atoms with E-state index in [1.165, 1.54) is 23.1 Å². The lowest BCUT2D eigenvalue weighted by molar-refractivity contribution is 0.573. The van der Waals surface area contributed by atoms with Crippen molar-refractivity contribution in [2.45, 2.75) is 30.7 Å². The van der Waals surface area contributed by atoms with E-state index in [4.69, 9.17) is 0 Å². The van der Waals surface area contributed by atoms with Crippen molar-refractivity contribution in [3.63, 3.8) is 0 Å². The van der Waals surface area contributed by atoms with Gasteiger partial charge in [0, 0.05) is 17.3 Å². The molecule has 0 saturated carbocycles. The molecule has 0 radical (unpaired) electrons. The van der Waals surface area contributed by atoms with Gasteiger partial charge in [0.05, 0.1) is 6.04 Å². The van der Waals surface area contributed by atoms with E-state index in [2.05, 4.69) is 35.7 Å². The zero-order valence-corrected chi connectivity index (χ0v) is 15.7. The van der Waals surface area contributed by atoms with E-state index in [1.54, 1.807) is 18.3 Å². The second-order valence-corrected chi connectivity index (χ2v) is 8.77. The number of rotatable bonds is 6. The lowest BCUT2D eigenvalue weighted by atomic mass is 9.99. The van der Waals surface area contributed by atoms with E-state index >= 15 is 0 Å². The number of benzene rings is 1. The summed E-state index contributed by atoms with van der Waals surface area (Å²) in [6, 6.07) is 14.7. The molecule has 2 heterocycles. The smallest absolute Gasteiger partial charge is 0.242 e.